The third kappa shape index (κ3) is 3.94. The quantitative estimate of drug-likeness (QED) is 0.744. The third-order valence-electron chi connectivity index (χ3n) is 5.82. The summed E-state index contributed by atoms with van der Waals surface area (Å²) in [6.07, 6.45) is 3.19. The summed E-state index contributed by atoms with van der Waals surface area (Å²) in [5.41, 5.74) is 2.34. The van der Waals surface area contributed by atoms with Gasteiger partial charge in [-0.25, -0.2) is 12.8 Å². The van der Waals surface area contributed by atoms with E-state index in [1.165, 1.54) is 16.4 Å². The predicted molar refractivity (Wildman–Crippen MR) is 110 cm³/mol. The summed E-state index contributed by atoms with van der Waals surface area (Å²) < 4.78 is 46.9. The van der Waals surface area contributed by atoms with Gasteiger partial charge in [0.1, 0.15) is 16.5 Å². The van der Waals surface area contributed by atoms with Crippen LogP contribution in [0.1, 0.15) is 40.7 Å². The van der Waals surface area contributed by atoms with Gasteiger partial charge < -0.3 is 9.64 Å². The van der Waals surface area contributed by atoms with Crippen LogP contribution in [0.25, 0.3) is 0 Å². The molecule has 0 aromatic heterocycles. The van der Waals surface area contributed by atoms with Gasteiger partial charge in [0.05, 0.1) is 7.11 Å². The minimum absolute atomic E-state index is 0.179. The lowest BCUT2D eigenvalue weighted by molar-refractivity contribution is 0.0734. The van der Waals surface area contributed by atoms with Crippen molar-refractivity contribution in [2.45, 2.75) is 37.1 Å². The molecule has 6 nitrogen and oxygen atoms in total. The van der Waals surface area contributed by atoms with Crippen LogP contribution >= 0.6 is 0 Å². The van der Waals surface area contributed by atoms with Crippen LogP contribution in [0, 0.1) is 5.82 Å². The van der Waals surface area contributed by atoms with E-state index in [-0.39, 0.29) is 11.5 Å². The Morgan fingerprint density at radius 2 is 1.77 bits per heavy atom. The molecule has 2 aliphatic rings. The highest BCUT2D eigenvalue weighted by atomic mass is 32.2. The number of sulfonamides is 1. The lowest BCUT2D eigenvalue weighted by Gasteiger charge is -2.29. The molecule has 160 valence electrons. The van der Waals surface area contributed by atoms with Crippen molar-refractivity contribution in [3.63, 3.8) is 0 Å². The van der Waals surface area contributed by atoms with Gasteiger partial charge >= 0.3 is 0 Å². The molecule has 30 heavy (non-hydrogen) atoms. The molecule has 2 aromatic carbocycles. The fraction of sp³-hybridized carbons (Fsp3) is 0.409. The van der Waals surface area contributed by atoms with E-state index in [4.69, 9.17) is 4.74 Å². The van der Waals surface area contributed by atoms with Crippen LogP contribution in [-0.2, 0) is 23.0 Å². The Morgan fingerprint density at radius 3 is 2.50 bits per heavy atom. The van der Waals surface area contributed by atoms with Crippen LogP contribution in [-0.4, -0.2) is 50.3 Å². The molecule has 2 aromatic rings. The summed E-state index contributed by atoms with van der Waals surface area (Å²) in [6, 6.07) is 9.42. The lowest BCUT2D eigenvalue weighted by atomic mass is 9.99. The Morgan fingerprint density at radius 1 is 1.00 bits per heavy atom. The first-order valence-electron chi connectivity index (χ1n) is 10.1. The highest BCUT2D eigenvalue weighted by Crippen LogP contribution is 2.27. The van der Waals surface area contributed by atoms with Gasteiger partial charge in [0.2, 0.25) is 10.0 Å². The maximum Gasteiger partial charge on any atom is 0.254 e. The van der Waals surface area contributed by atoms with Gasteiger partial charge in [-0.3, -0.25) is 4.79 Å². The number of carbonyl (C=O) groups is 1. The average Bonchev–Trinajstić information content (AvgIpc) is 2.78. The summed E-state index contributed by atoms with van der Waals surface area (Å²) in [7, 11) is -2.37. The van der Waals surface area contributed by atoms with Crippen LogP contribution in [0.15, 0.2) is 41.3 Å². The number of hydrogen-bond donors (Lipinski definition) is 0. The molecule has 0 atom stereocenters. The number of amides is 1. The number of rotatable bonds is 4. The maximum atomic E-state index is 14.5. The van der Waals surface area contributed by atoms with Crippen molar-refractivity contribution in [1.29, 1.82) is 0 Å². The second kappa shape index (κ2) is 8.35. The zero-order valence-corrected chi connectivity index (χ0v) is 17.8. The number of fused-ring (bicyclic) bond motifs is 1. The second-order valence-corrected chi connectivity index (χ2v) is 9.63. The molecule has 0 N–H and O–H groups in total. The smallest absolute Gasteiger partial charge is 0.254 e. The number of carbonyl (C=O) groups excluding carboxylic acids is 1. The molecule has 4 rings (SSSR count). The highest BCUT2D eigenvalue weighted by Gasteiger charge is 2.30. The van der Waals surface area contributed by atoms with E-state index in [0.717, 1.165) is 42.2 Å². The highest BCUT2D eigenvalue weighted by molar-refractivity contribution is 7.89. The molecule has 1 fully saturated rings. The molecule has 2 aliphatic heterocycles. The molecule has 8 heteroatoms. The lowest BCUT2D eigenvalue weighted by Crippen LogP contribution is -2.37. The van der Waals surface area contributed by atoms with Crippen LogP contribution < -0.4 is 4.74 Å². The standard InChI is InChI=1S/C22H25FN2O4S/c1-29-19-7-5-16-9-12-24(15-18(16)13-19)22(26)17-6-8-20(23)21(14-17)30(27,28)25-10-3-2-4-11-25/h5-8,13-14H,2-4,9-12,15H2,1H3. The summed E-state index contributed by atoms with van der Waals surface area (Å²) in [5, 5.41) is 0. The van der Waals surface area contributed by atoms with Gasteiger partial charge in [0, 0.05) is 31.7 Å². The van der Waals surface area contributed by atoms with E-state index in [0.29, 0.717) is 32.6 Å². The first-order valence-corrected chi connectivity index (χ1v) is 11.6. The van der Waals surface area contributed by atoms with Crippen LogP contribution in [0.5, 0.6) is 5.75 Å². The molecule has 0 aliphatic carbocycles. The average molecular weight is 433 g/mol. The Bertz CT molecular complexity index is 1060. The molecule has 0 radical (unpaired) electrons. The van der Waals surface area contributed by atoms with Gasteiger partial charge in [-0.05, 0) is 60.7 Å². The van der Waals surface area contributed by atoms with Gasteiger partial charge in [0.25, 0.3) is 5.91 Å². The largest absolute Gasteiger partial charge is 0.497 e. The minimum Gasteiger partial charge on any atom is -0.497 e. The van der Waals surface area contributed by atoms with Crippen LogP contribution in [0.4, 0.5) is 4.39 Å². The van der Waals surface area contributed by atoms with Crippen molar-refractivity contribution in [2.24, 2.45) is 0 Å². The number of halogens is 1. The fourth-order valence-corrected chi connectivity index (χ4v) is 5.70. The van der Waals surface area contributed by atoms with Crippen molar-refractivity contribution in [3.8, 4) is 5.75 Å². The number of ether oxygens (including phenoxy) is 1. The first kappa shape index (κ1) is 20.8. The Balaban J connectivity index is 1.60. The normalized spacial score (nSPS) is 17.5. The molecular weight excluding hydrogens is 407 g/mol. The fourth-order valence-electron chi connectivity index (χ4n) is 4.09. The number of benzene rings is 2. The van der Waals surface area contributed by atoms with Crippen molar-refractivity contribution < 1.29 is 22.3 Å². The van der Waals surface area contributed by atoms with Gasteiger partial charge in [0.15, 0.2) is 0 Å². The minimum atomic E-state index is -3.97. The molecule has 0 bridgehead atoms. The third-order valence-corrected chi connectivity index (χ3v) is 7.74. The summed E-state index contributed by atoms with van der Waals surface area (Å²) in [6.45, 7) is 1.68. The summed E-state index contributed by atoms with van der Waals surface area (Å²) in [4.78, 5) is 14.3. The van der Waals surface area contributed by atoms with E-state index >= 15 is 0 Å². The van der Waals surface area contributed by atoms with E-state index in [1.54, 1.807) is 12.0 Å². The summed E-state index contributed by atoms with van der Waals surface area (Å²) >= 11 is 0. The monoisotopic (exact) mass is 432 g/mol. The Hall–Kier alpha value is -2.45. The van der Waals surface area contributed by atoms with E-state index in [9.17, 15) is 17.6 Å². The van der Waals surface area contributed by atoms with Gasteiger partial charge in [-0.15, -0.1) is 0 Å². The predicted octanol–water partition coefficient (Wildman–Crippen LogP) is 3.21. The van der Waals surface area contributed by atoms with E-state index in [1.807, 2.05) is 18.2 Å². The van der Waals surface area contributed by atoms with E-state index in [2.05, 4.69) is 0 Å². The van der Waals surface area contributed by atoms with Crippen LogP contribution in [0.3, 0.4) is 0 Å². The number of hydrogen-bond acceptors (Lipinski definition) is 4. The van der Waals surface area contributed by atoms with E-state index < -0.39 is 20.7 Å². The molecule has 1 amide bonds. The maximum absolute atomic E-state index is 14.5. The first-order chi connectivity index (χ1) is 14.4. The molecule has 0 unspecified atom stereocenters. The molecule has 2 heterocycles. The van der Waals surface area contributed by atoms with Gasteiger partial charge in [-0.2, -0.15) is 4.31 Å². The van der Waals surface area contributed by atoms with Gasteiger partial charge in [-0.1, -0.05) is 12.5 Å². The molecule has 1 saturated heterocycles. The Labute approximate surface area is 176 Å². The van der Waals surface area contributed by atoms with Crippen LogP contribution in [0.2, 0.25) is 0 Å². The van der Waals surface area contributed by atoms with Crippen molar-refractivity contribution in [3.05, 3.63) is 58.9 Å². The topological polar surface area (TPSA) is 66.9 Å². The second-order valence-electron chi connectivity index (χ2n) is 7.72. The zero-order valence-electron chi connectivity index (χ0n) is 16.9. The molecular formula is C22H25FN2O4S. The number of methoxy groups -OCH3 is 1. The van der Waals surface area contributed by atoms with Crippen molar-refractivity contribution in [2.75, 3.05) is 26.7 Å². The summed E-state index contributed by atoms with van der Waals surface area (Å²) in [5.74, 6) is -0.413. The SMILES string of the molecule is COc1ccc2c(c1)CN(C(=O)c1ccc(F)c(S(=O)(=O)N3CCCCC3)c1)CC2. The molecule has 0 saturated carbocycles. The van der Waals surface area contributed by atoms with Crippen molar-refractivity contribution >= 4 is 15.9 Å². The molecule has 0 spiro atoms. The Kier molecular flexibility index (Phi) is 5.79. The zero-order chi connectivity index (χ0) is 21.3. The number of piperidine rings is 1. The number of nitrogens with zero attached hydrogens (tertiary/aromatic N) is 2. The van der Waals surface area contributed by atoms with Crippen molar-refractivity contribution in [1.82, 2.24) is 9.21 Å².